The van der Waals surface area contributed by atoms with Gasteiger partial charge < -0.3 is 14.8 Å². The first-order chi connectivity index (χ1) is 9.34. The Labute approximate surface area is 126 Å². The van der Waals surface area contributed by atoms with Gasteiger partial charge in [0.15, 0.2) is 5.76 Å². The normalized spacial score (nSPS) is 14.2. The Kier molecular flexibility index (Phi) is 4.20. The van der Waals surface area contributed by atoms with Crippen LogP contribution in [0.2, 0.25) is 0 Å². The molecule has 2 N–H and O–H groups in total. The van der Waals surface area contributed by atoms with Gasteiger partial charge in [0.25, 0.3) is 5.91 Å². The predicted octanol–water partition coefficient (Wildman–Crippen LogP) is 3.39. The summed E-state index contributed by atoms with van der Waals surface area (Å²) in [7, 11) is 0. The third kappa shape index (κ3) is 3.04. The molecule has 4 nitrogen and oxygen atoms in total. The van der Waals surface area contributed by atoms with Crippen LogP contribution in [0.15, 0.2) is 27.1 Å². The lowest BCUT2D eigenvalue weighted by Gasteiger charge is -2.21. The molecule has 108 valence electrons. The number of carbonyl (C=O) groups excluding carboxylic acids is 1. The molecule has 5 heteroatoms. The molecule has 0 aliphatic carbocycles. The van der Waals surface area contributed by atoms with Crippen molar-refractivity contribution in [2.45, 2.75) is 32.8 Å². The summed E-state index contributed by atoms with van der Waals surface area (Å²) >= 11 is 3.40. The van der Waals surface area contributed by atoms with Gasteiger partial charge in [-0.05, 0) is 38.5 Å². The van der Waals surface area contributed by atoms with Crippen molar-refractivity contribution in [1.82, 2.24) is 5.32 Å². The standard InChI is InChI=1S/C15H18BrNO3/c1-4-15(3,19)8-17-14(18)13-9(2)11-7-10(16)5-6-12(11)20-13/h5-7,19H,4,8H2,1-3H3,(H,17,18). The molecule has 1 amide bonds. The first-order valence-corrected chi connectivity index (χ1v) is 7.32. The molecule has 1 aromatic heterocycles. The maximum atomic E-state index is 12.2. The van der Waals surface area contributed by atoms with E-state index in [2.05, 4.69) is 21.2 Å². The van der Waals surface area contributed by atoms with Crippen LogP contribution in [0.4, 0.5) is 0 Å². The van der Waals surface area contributed by atoms with E-state index in [1.165, 1.54) is 0 Å². The van der Waals surface area contributed by atoms with Gasteiger partial charge >= 0.3 is 0 Å². The number of amides is 1. The minimum atomic E-state index is -0.904. The van der Waals surface area contributed by atoms with E-state index in [4.69, 9.17) is 4.42 Å². The van der Waals surface area contributed by atoms with Crippen LogP contribution >= 0.6 is 15.9 Å². The van der Waals surface area contributed by atoms with Gasteiger partial charge in [-0.1, -0.05) is 22.9 Å². The zero-order valence-corrected chi connectivity index (χ0v) is 13.4. The van der Waals surface area contributed by atoms with Crippen LogP contribution in [0.3, 0.4) is 0 Å². The number of fused-ring (bicyclic) bond motifs is 1. The van der Waals surface area contributed by atoms with E-state index in [-0.39, 0.29) is 12.5 Å². The number of rotatable bonds is 4. The van der Waals surface area contributed by atoms with Crippen molar-refractivity contribution in [3.8, 4) is 0 Å². The maximum Gasteiger partial charge on any atom is 0.287 e. The lowest BCUT2D eigenvalue weighted by molar-refractivity contribution is 0.0511. The molecule has 2 rings (SSSR count). The second kappa shape index (κ2) is 5.58. The van der Waals surface area contributed by atoms with Crippen LogP contribution in [-0.4, -0.2) is 23.2 Å². The average Bonchev–Trinajstić information content (AvgIpc) is 2.74. The number of aliphatic hydroxyl groups is 1. The highest BCUT2D eigenvalue weighted by atomic mass is 79.9. The van der Waals surface area contributed by atoms with Crippen molar-refractivity contribution in [2.75, 3.05) is 6.54 Å². The molecular weight excluding hydrogens is 322 g/mol. The van der Waals surface area contributed by atoms with Gasteiger partial charge in [-0.25, -0.2) is 0 Å². The summed E-state index contributed by atoms with van der Waals surface area (Å²) in [5.41, 5.74) is 0.576. The molecule has 1 unspecified atom stereocenters. The molecule has 0 spiro atoms. The first-order valence-electron chi connectivity index (χ1n) is 6.53. The SMILES string of the molecule is CCC(C)(O)CNC(=O)c1oc2ccc(Br)cc2c1C. The van der Waals surface area contributed by atoms with Crippen molar-refractivity contribution in [1.29, 1.82) is 0 Å². The number of nitrogens with one attached hydrogen (secondary N) is 1. The highest BCUT2D eigenvalue weighted by Crippen LogP contribution is 2.28. The van der Waals surface area contributed by atoms with Gasteiger partial charge in [-0.3, -0.25) is 4.79 Å². The molecule has 1 heterocycles. The topological polar surface area (TPSA) is 62.5 Å². The number of furan rings is 1. The average molecular weight is 340 g/mol. The molecule has 0 radical (unpaired) electrons. The Morgan fingerprint density at radius 3 is 2.85 bits per heavy atom. The summed E-state index contributed by atoms with van der Waals surface area (Å²) in [5, 5.41) is 13.5. The highest BCUT2D eigenvalue weighted by Gasteiger charge is 2.22. The zero-order valence-electron chi connectivity index (χ0n) is 11.8. The van der Waals surface area contributed by atoms with Crippen LogP contribution in [0, 0.1) is 6.92 Å². The van der Waals surface area contributed by atoms with Crippen molar-refractivity contribution >= 4 is 32.8 Å². The van der Waals surface area contributed by atoms with E-state index in [0.717, 1.165) is 15.4 Å². The van der Waals surface area contributed by atoms with Crippen LogP contribution in [-0.2, 0) is 0 Å². The van der Waals surface area contributed by atoms with Gasteiger partial charge in [0.1, 0.15) is 5.58 Å². The van der Waals surface area contributed by atoms with E-state index in [9.17, 15) is 9.90 Å². The van der Waals surface area contributed by atoms with Crippen molar-refractivity contribution in [3.05, 3.63) is 34.0 Å². The first kappa shape index (κ1) is 15.1. The Morgan fingerprint density at radius 2 is 2.20 bits per heavy atom. The van der Waals surface area contributed by atoms with Crippen molar-refractivity contribution < 1.29 is 14.3 Å². The summed E-state index contributed by atoms with van der Waals surface area (Å²) in [5.74, 6) is -0.00597. The molecule has 20 heavy (non-hydrogen) atoms. The van der Waals surface area contributed by atoms with Crippen molar-refractivity contribution in [3.63, 3.8) is 0 Å². The number of aryl methyl sites for hydroxylation is 1. The molecule has 0 saturated heterocycles. The number of halogens is 1. The molecule has 1 aromatic carbocycles. The van der Waals surface area contributed by atoms with Crippen LogP contribution in [0.1, 0.15) is 36.4 Å². The number of hydrogen-bond acceptors (Lipinski definition) is 3. The summed E-state index contributed by atoms with van der Waals surface area (Å²) in [6, 6.07) is 5.62. The lowest BCUT2D eigenvalue weighted by Crippen LogP contribution is -2.40. The van der Waals surface area contributed by atoms with Gasteiger partial charge in [-0.2, -0.15) is 0 Å². The van der Waals surface area contributed by atoms with Gasteiger partial charge in [0.05, 0.1) is 5.60 Å². The minimum Gasteiger partial charge on any atom is -0.451 e. The number of benzene rings is 1. The molecule has 2 aromatic rings. The highest BCUT2D eigenvalue weighted by molar-refractivity contribution is 9.10. The molecular formula is C15H18BrNO3. The summed E-state index contributed by atoms with van der Waals surface area (Å²) in [6.45, 7) is 5.61. The fourth-order valence-electron chi connectivity index (χ4n) is 1.89. The Hall–Kier alpha value is -1.33. The predicted molar refractivity (Wildman–Crippen MR) is 81.9 cm³/mol. The van der Waals surface area contributed by atoms with Gasteiger partial charge in [0, 0.05) is 22.0 Å². The Balaban J connectivity index is 2.25. The minimum absolute atomic E-state index is 0.197. The molecule has 0 bridgehead atoms. The van der Waals surface area contributed by atoms with Crippen LogP contribution < -0.4 is 5.32 Å². The fourth-order valence-corrected chi connectivity index (χ4v) is 2.25. The van der Waals surface area contributed by atoms with Crippen molar-refractivity contribution in [2.24, 2.45) is 0 Å². The largest absolute Gasteiger partial charge is 0.451 e. The second-order valence-electron chi connectivity index (χ2n) is 5.23. The fraction of sp³-hybridized carbons (Fsp3) is 0.400. The van der Waals surface area contributed by atoms with Gasteiger partial charge in [0.2, 0.25) is 0 Å². The quantitative estimate of drug-likeness (QED) is 0.897. The third-order valence-corrected chi connectivity index (χ3v) is 3.99. The van der Waals surface area contributed by atoms with E-state index in [1.807, 2.05) is 32.0 Å². The van der Waals surface area contributed by atoms with E-state index >= 15 is 0 Å². The smallest absolute Gasteiger partial charge is 0.287 e. The monoisotopic (exact) mass is 339 g/mol. The van der Waals surface area contributed by atoms with Crippen LogP contribution in [0.5, 0.6) is 0 Å². The van der Waals surface area contributed by atoms with E-state index < -0.39 is 5.60 Å². The number of hydrogen-bond donors (Lipinski definition) is 2. The lowest BCUT2D eigenvalue weighted by atomic mass is 10.0. The van der Waals surface area contributed by atoms with E-state index in [1.54, 1.807) is 6.92 Å². The zero-order chi connectivity index (χ0) is 14.9. The Bertz CT molecular complexity index is 646. The summed E-state index contributed by atoms with van der Waals surface area (Å²) in [6.07, 6.45) is 0.569. The third-order valence-electron chi connectivity index (χ3n) is 3.50. The summed E-state index contributed by atoms with van der Waals surface area (Å²) in [4.78, 5) is 12.2. The summed E-state index contributed by atoms with van der Waals surface area (Å²) < 4.78 is 6.54. The molecule has 0 aliphatic rings. The number of carbonyl (C=O) groups is 1. The van der Waals surface area contributed by atoms with Crippen LogP contribution in [0.25, 0.3) is 11.0 Å². The maximum absolute atomic E-state index is 12.2. The molecule has 1 atom stereocenters. The molecule has 0 saturated carbocycles. The molecule has 0 fully saturated rings. The van der Waals surface area contributed by atoms with Gasteiger partial charge in [-0.15, -0.1) is 0 Å². The second-order valence-corrected chi connectivity index (χ2v) is 6.15. The Morgan fingerprint density at radius 1 is 1.50 bits per heavy atom. The molecule has 0 aliphatic heterocycles. The van der Waals surface area contributed by atoms with E-state index in [0.29, 0.717) is 17.8 Å².